The Balaban J connectivity index is 2.96. The van der Waals surface area contributed by atoms with E-state index in [1.807, 2.05) is 0 Å². The Morgan fingerprint density at radius 2 is 2.27 bits per heavy atom. The normalized spacial score (nSPS) is 10.6. The fraction of sp³-hybridized carbons (Fsp3) is 0. The average molecular weight is 152 g/mol. The number of nitrogens with zero attached hydrogens (tertiary/aromatic N) is 1. The minimum atomic E-state index is -0.402. The highest BCUT2D eigenvalue weighted by atomic mass is 19.1. The summed E-state index contributed by atoms with van der Waals surface area (Å²) in [5.41, 5.74) is 5.75. The molecular formula is C7H5FN2O. The maximum atomic E-state index is 12.9. The van der Waals surface area contributed by atoms with E-state index in [1.165, 1.54) is 6.07 Å². The summed E-state index contributed by atoms with van der Waals surface area (Å²) in [6.45, 7) is 0. The molecule has 0 aliphatic rings. The number of halogens is 1. The fourth-order valence-corrected chi connectivity index (χ4v) is 0.977. The number of benzene rings is 1. The van der Waals surface area contributed by atoms with E-state index in [4.69, 9.17) is 5.73 Å². The van der Waals surface area contributed by atoms with Crippen molar-refractivity contribution in [3.63, 3.8) is 0 Å². The molecule has 2 N–H and O–H groups in total. The highest BCUT2D eigenvalue weighted by Crippen LogP contribution is 2.22. The van der Waals surface area contributed by atoms with Crippen molar-refractivity contribution in [1.82, 2.24) is 5.16 Å². The summed E-state index contributed by atoms with van der Waals surface area (Å²) < 4.78 is 17.5. The van der Waals surface area contributed by atoms with Crippen LogP contribution in [0.25, 0.3) is 10.9 Å². The number of anilines is 1. The molecule has 3 nitrogen and oxygen atoms in total. The van der Waals surface area contributed by atoms with Gasteiger partial charge in [-0.1, -0.05) is 11.2 Å². The molecule has 2 aromatic rings. The zero-order valence-corrected chi connectivity index (χ0v) is 5.54. The van der Waals surface area contributed by atoms with E-state index >= 15 is 0 Å². The molecule has 0 amide bonds. The quantitative estimate of drug-likeness (QED) is 0.623. The first-order valence-corrected chi connectivity index (χ1v) is 3.08. The highest BCUT2D eigenvalue weighted by Gasteiger charge is 2.08. The number of fused-ring (bicyclic) bond motifs is 1. The molecular weight excluding hydrogens is 147 g/mol. The first kappa shape index (κ1) is 6.15. The van der Waals surface area contributed by atoms with Crippen molar-refractivity contribution in [3.8, 4) is 0 Å². The SMILES string of the molecule is Nc1onc2cccc(F)c12. The molecule has 0 atom stereocenters. The summed E-state index contributed by atoms with van der Waals surface area (Å²) in [4.78, 5) is 0. The summed E-state index contributed by atoms with van der Waals surface area (Å²) in [6, 6.07) is 4.51. The average Bonchev–Trinajstić information content (AvgIpc) is 2.34. The van der Waals surface area contributed by atoms with Crippen LogP contribution in [-0.4, -0.2) is 5.16 Å². The molecule has 4 heteroatoms. The molecule has 0 saturated heterocycles. The van der Waals surface area contributed by atoms with E-state index in [9.17, 15) is 4.39 Å². The van der Waals surface area contributed by atoms with Gasteiger partial charge in [0.1, 0.15) is 16.7 Å². The third kappa shape index (κ3) is 0.756. The van der Waals surface area contributed by atoms with Gasteiger partial charge >= 0.3 is 0 Å². The van der Waals surface area contributed by atoms with Crippen LogP contribution in [0.2, 0.25) is 0 Å². The zero-order chi connectivity index (χ0) is 7.84. The predicted molar refractivity (Wildman–Crippen MR) is 38.4 cm³/mol. The van der Waals surface area contributed by atoms with Crippen LogP contribution in [-0.2, 0) is 0 Å². The predicted octanol–water partition coefficient (Wildman–Crippen LogP) is 1.55. The van der Waals surface area contributed by atoms with Crippen LogP contribution < -0.4 is 5.73 Å². The van der Waals surface area contributed by atoms with Gasteiger partial charge in [-0.15, -0.1) is 0 Å². The number of aromatic nitrogens is 1. The van der Waals surface area contributed by atoms with E-state index in [0.717, 1.165) is 0 Å². The topological polar surface area (TPSA) is 52.0 Å². The second-order valence-corrected chi connectivity index (χ2v) is 2.18. The first-order valence-electron chi connectivity index (χ1n) is 3.08. The van der Waals surface area contributed by atoms with Gasteiger partial charge in [-0.3, -0.25) is 0 Å². The number of nitrogen functional groups attached to an aromatic ring is 1. The number of nitrogens with two attached hydrogens (primary N) is 1. The Hall–Kier alpha value is -1.58. The second kappa shape index (κ2) is 1.95. The van der Waals surface area contributed by atoms with Gasteiger partial charge in [0.2, 0.25) is 5.88 Å². The summed E-state index contributed by atoms with van der Waals surface area (Å²) in [6.07, 6.45) is 0. The van der Waals surface area contributed by atoms with Crippen molar-refractivity contribution in [3.05, 3.63) is 24.0 Å². The van der Waals surface area contributed by atoms with Gasteiger partial charge in [-0.2, -0.15) is 0 Å². The molecule has 0 bridgehead atoms. The number of hydrogen-bond acceptors (Lipinski definition) is 3. The van der Waals surface area contributed by atoms with Gasteiger partial charge in [0.15, 0.2) is 0 Å². The van der Waals surface area contributed by atoms with Crippen LogP contribution in [0.1, 0.15) is 0 Å². The maximum absolute atomic E-state index is 12.9. The minimum Gasteiger partial charge on any atom is -0.367 e. The van der Waals surface area contributed by atoms with Crippen LogP contribution >= 0.6 is 0 Å². The molecule has 1 aromatic carbocycles. The lowest BCUT2D eigenvalue weighted by molar-refractivity contribution is 0.445. The second-order valence-electron chi connectivity index (χ2n) is 2.18. The third-order valence-corrected chi connectivity index (χ3v) is 1.48. The van der Waals surface area contributed by atoms with Crippen molar-refractivity contribution >= 4 is 16.8 Å². The Bertz CT molecular complexity index is 396. The smallest absolute Gasteiger partial charge is 0.232 e. The Labute approximate surface area is 61.6 Å². The molecule has 2 rings (SSSR count). The van der Waals surface area contributed by atoms with Crippen LogP contribution in [0.15, 0.2) is 22.7 Å². The molecule has 0 unspecified atom stereocenters. The van der Waals surface area contributed by atoms with E-state index in [1.54, 1.807) is 12.1 Å². The number of hydrogen-bond donors (Lipinski definition) is 1. The molecule has 1 aromatic heterocycles. The molecule has 0 fully saturated rings. The van der Waals surface area contributed by atoms with E-state index in [2.05, 4.69) is 9.68 Å². The molecule has 0 radical (unpaired) electrons. The lowest BCUT2D eigenvalue weighted by atomic mass is 10.2. The number of rotatable bonds is 0. The largest absolute Gasteiger partial charge is 0.367 e. The summed E-state index contributed by atoms with van der Waals surface area (Å²) in [5.74, 6) is -0.376. The Morgan fingerprint density at radius 3 is 3.00 bits per heavy atom. The standard InChI is InChI=1S/C7H5FN2O/c8-4-2-1-3-5-6(4)7(9)11-10-5/h1-3H,9H2. The van der Waals surface area contributed by atoms with E-state index in [0.29, 0.717) is 5.52 Å². The van der Waals surface area contributed by atoms with Gasteiger partial charge in [-0.25, -0.2) is 4.39 Å². The lowest BCUT2D eigenvalue weighted by Crippen LogP contribution is -1.82. The zero-order valence-electron chi connectivity index (χ0n) is 5.54. The van der Waals surface area contributed by atoms with Crippen molar-refractivity contribution in [1.29, 1.82) is 0 Å². The molecule has 0 saturated carbocycles. The first-order chi connectivity index (χ1) is 5.29. The van der Waals surface area contributed by atoms with Gasteiger partial charge in [0.25, 0.3) is 0 Å². The molecule has 1 heterocycles. The molecule has 56 valence electrons. The maximum Gasteiger partial charge on any atom is 0.232 e. The Morgan fingerprint density at radius 1 is 1.45 bits per heavy atom. The van der Waals surface area contributed by atoms with Crippen LogP contribution in [0, 0.1) is 5.82 Å². The summed E-state index contributed by atoms with van der Waals surface area (Å²) in [7, 11) is 0. The van der Waals surface area contributed by atoms with Gasteiger partial charge < -0.3 is 10.3 Å². The molecule has 0 aliphatic heterocycles. The highest BCUT2D eigenvalue weighted by molar-refractivity contribution is 5.87. The van der Waals surface area contributed by atoms with Crippen molar-refractivity contribution in [2.75, 3.05) is 5.73 Å². The van der Waals surface area contributed by atoms with Crippen LogP contribution in [0.5, 0.6) is 0 Å². The van der Waals surface area contributed by atoms with Crippen molar-refractivity contribution < 1.29 is 8.91 Å². The minimum absolute atomic E-state index is 0.0260. The van der Waals surface area contributed by atoms with Crippen LogP contribution in [0.3, 0.4) is 0 Å². The monoisotopic (exact) mass is 152 g/mol. The summed E-state index contributed by atoms with van der Waals surface area (Å²) in [5, 5.41) is 3.80. The molecule has 0 aliphatic carbocycles. The van der Waals surface area contributed by atoms with Crippen molar-refractivity contribution in [2.45, 2.75) is 0 Å². The lowest BCUT2D eigenvalue weighted by Gasteiger charge is -1.87. The van der Waals surface area contributed by atoms with E-state index < -0.39 is 5.82 Å². The van der Waals surface area contributed by atoms with Crippen molar-refractivity contribution in [2.24, 2.45) is 0 Å². The van der Waals surface area contributed by atoms with E-state index in [-0.39, 0.29) is 11.3 Å². The Kier molecular flexibility index (Phi) is 1.09. The summed E-state index contributed by atoms with van der Waals surface area (Å²) >= 11 is 0. The van der Waals surface area contributed by atoms with Gasteiger partial charge in [0, 0.05) is 0 Å². The third-order valence-electron chi connectivity index (χ3n) is 1.48. The van der Waals surface area contributed by atoms with Crippen LogP contribution in [0.4, 0.5) is 10.3 Å². The molecule has 0 spiro atoms. The molecule has 11 heavy (non-hydrogen) atoms. The fourth-order valence-electron chi connectivity index (χ4n) is 0.977. The van der Waals surface area contributed by atoms with Gasteiger partial charge in [-0.05, 0) is 12.1 Å². The van der Waals surface area contributed by atoms with Gasteiger partial charge in [0.05, 0.1) is 0 Å².